The Balaban J connectivity index is 1.91. The molecule has 1 aromatic heterocycles. The summed E-state index contributed by atoms with van der Waals surface area (Å²) in [6.45, 7) is 7.32. The van der Waals surface area contributed by atoms with Crippen molar-refractivity contribution < 1.29 is 9.53 Å². The van der Waals surface area contributed by atoms with Crippen LogP contribution in [0.25, 0.3) is 0 Å². The van der Waals surface area contributed by atoms with Crippen molar-refractivity contribution in [3.05, 3.63) is 23.4 Å². The number of nitrogens with zero attached hydrogens (tertiary/aromatic N) is 2. The number of carbonyl (C=O) groups excluding carboxylic acids is 1. The summed E-state index contributed by atoms with van der Waals surface area (Å²) in [6.07, 6.45) is 3.96. The summed E-state index contributed by atoms with van der Waals surface area (Å²) in [5.74, 6) is 0.470. The number of hydrogen-bond acceptors (Lipinski definition) is 5. The molecule has 2 heterocycles. The highest BCUT2D eigenvalue weighted by Gasteiger charge is 2.16. The fourth-order valence-electron chi connectivity index (χ4n) is 2.73. The molecule has 0 radical (unpaired) electrons. The molecule has 0 aromatic carbocycles. The van der Waals surface area contributed by atoms with Crippen LogP contribution in [0, 0.1) is 6.92 Å². The number of aryl methyl sites for hydroxylation is 1. The number of piperidine rings is 1. The quantitative estimate of drug-likeness (QED) is 0.845. The Kier molecular flexibility index (Phi) is 5.56. The molecule has 1 saturated heterocycles. The largest absolute Gasteiger partial charge is 0.465 e. The summed E-state index contributed by atoms with van der Waals surface area (Å²) in [6, 6.07) is 4.09. The van der Waals surface area contributed by atoms with E-state index in [0.717, 1.165) is 12.4 Å². The van der Waals surface area contributed by atoms with Crippen LogP contribution in [-0.2, 0) is 4.74 Å². The molecule has 5 heteroatoms. The molecular formula is C16H25N3O2. The van der Waals surface area contributed by atoms with Crippen LogP contribution in [-0.4, -0.2) is 48.6 Å². The minimum Gasteiger partial charge on any atom is -0.465 e. The lowest BCUT2D eigenvalue weighted by molar-refractivity contribution is 0.0599. The molecule has 1 aromatic rings. The molecule has 0 aliphatic carbocycles. The van der Waals surface area contributed by atoms with Crippen LogP contribution >= 0.6 is 0 Å². The summed E-state index contributed by atoms with van der Waals surface area (Å²) in [5, 5.41) is 3.36. The highest BCUT2D eigenvalue weighted by molar-refractivity contribution is 5.90. The normalized spacial score (nSPS) is 17.3. The molecule has 0 saturated carbocycles. The number of likely N-dealkylation sites (tertiary alicyclic amines) is 1. The lowest BCUT2D eigenvalue weighted by Gasteiger charge is -2.32. The first-order valence-corrected chi connectivity index (χ1v) is 7.65. The molecule has 1 aliphatic heterocycles. The third kappa shape index (κ3) is 4.17. The van der Waals surface area contributed by atoms with Gasteiger partial charge in [-0.05, 0) is 51.9 Å². The lowest BCUT2D eigenvalue weighted by atomic mass is 10.1. The number of rotatable bonds is 5. The van der Waals surface area contributed by atoms with Crippen LogP contribution in [0.2, 0.25) is 0 Å². The first-order valence-electron chi connectivity index (χ1n) is 7.65. The second kappa shape index (κ2) is 7.41. The molecule has 1 N–H and O–H groups in total. The van der Waals surface area contributed by atoms with Crippen molar-refractivity contribution in [2.45, 2.75) is 39.2 Å². The van der Waals surface area contributed by atoms with E-state index in [2.05, 4.69) is 22.1 Å². The Bertz CT molecular complexity index is 484. The minimum atomic E-state index is -0.340. The lowest BCUT2D eigenvalue weighted by Crippen LogP contribution is -2.41. The number of anilines is 1. The van der Waals surface area contributed by atoms with Gasteiger partial charge in [-0.15, -0.1) is 0 Å². The average molecular weight is 291 g/mol. The first-order chi connectivity index (χ1) is 10.1. The van der Waals surface area contributed by atoms with Crippen molar-refractivity contribution in [1.82, 2.24) is 9.88 Å². The second-order valence-corrected chi connectivity index (χ2v) is 5.65. The van der Waals surface area contributed by atoms with Gasteiger partial charge in [-0.1, -0.05) is 6.42 Å². The highest BCUT2D eigenvalue weighted by atomic mass is 16.5. The second-order valence-electron chi connectivity index (χ2n) is 5.65. The molecule has 2 rings (SSSR count). The number of nitrogens with one attached hydrogen (secondary N) is 1. The van der Waals surface area contributed by atoms with E-state index < -0.39 is 0 Å². The van der Waals surface area contributed by atoms with E-state index in [4.69, 9.17) is 4.74 Å². The number of methoxy groups -OCH3 is 1. The maximum Gasteiger partial charge on any atom is 0.339 e. The fraction of sp³-hybridized carbons (Fsp3) is 0.625. The molecule has 1 fully saturated rings. The van der Waals surface area contributed by atoms with Crippen LogP contribution in [0.15, 0.2) is 12.1 Å². The number of hydrogen-bond donors (Lipinski definition) is 1. The van der Waals surface area contributed by atoms with Crippen LogP contribution in [0.3, 0.4) is 0 Å². The average Bonchev–Trinajstić information content (AvgIpc) is 2.52. The van der Waals surface area contributed by atoms with Crippen molar-refractivity contribution in [2.24, 2.45) is 0 Å². The van der Waals surface area contributed by atoms with Crippen LogP contribution in [0.4, 0.5) is 5.82 Å². The Morgan fingerprint density at radius 1 is 1.38 bits per heavy atom. The molecule has 21 heavy (non-hydrogen) atoms. The molecule has 0 bridgehead atoms. The number of aromatic nitrogens is 1. The topological polar surface area (TPSA) is 54.5 Å². The smallest absolute Gasteiger partial charge is 0.339 e. The van der Waals surface area contributed by atoms with Gasteiger partial charge in [0.15, 0.2) is 0 Å². The minimum absolute atomic E-state index is 0.340. The van der Waals surface area contributed by atoms with E-state index in [1.54, 1.807) is 6.07 Å². The highest BCUT2D eigenvalue weighted by Crippen LogP contribution is 2.14. The molecule has 1 aliphatic rings. The van der Waals surface area contributed by atoms with Gasteiger partial charge in [0, 0.05) is 12.6 Å². The molecule has 0 amide bonds. The standard InChI is InChI=1S/C16H25N3O2/c1-12(19-9-5-4-6-10-19)11-17-15-8-7-14(13(2)18-15)16(20)21-3/h7-8,12H,4-6,9-11H2,1-3H3,(H,17,18). The zero-order chi connectivity index (χ0) is 15.2. The predicted molar refractivity (Wildman–Crippen MR) is 83.7 cm³/mol. The Hall–Kier alpha value is -1.62. The molecule has 0 spiro atoms. The zero-order valence-corrected chi connectivity index (χ0v) is 13.2. The van der Waals surface area contributed by atoms with Crippen molar-refractivity contribution in [3.8, 4) is 0 Å². The molecular weight excluding hydrogens is 266 g/mol. The number of pyridine rings is 1. The SMILES string of the molecule is COC(=O)c1ccc(NCC(C)N2CCCCC2)nc1C. The van der Waals surface area contributed by atoms with Crippen molar-refractivity contribution in [1.29, 1.82) is 0 Å². The van der Waals surface area contributed by atoms with Crippen molar-refractivity contribution in [3.63, 3.8) is 0 Å². The third-order valence-corrected chi connectivity index (χ3v) is 4.08. The van der Waals surface area contributed by atoms with E-state index in [1.807, 2.05) is 13.0 Å². The summed E-state index contributed by atoms with van der Waals surface area (Å²) in [5.41, 5.74) is 1.21. The number of ether oxygens (including phenoxy) is 1. The predicted octanol–water partition coefficient (Wildman–Crippen LogP) is 2.46. The van der Waals surface area contributed by atoms with E-state index in [9.17, 15) is 4.79 Å². The van der Waals surface area contributed by atoms with Crippen molar-refractivity contribution >= 4 is 11.8 Å². The van der Waals surface area contributed by atoms with Gasteiger partial charge in [-0.3, -0.25) is 4.90 Å². The van der Waals surface area contributed by atoms with E-state index >= 15 is 0 Å². The summed E-state index contributed by atoms with van der Waals surface area (Å²) >= 11 is 0. The number of esters is 1. The van der Waals surface area contributed by atoms with Gasteiger partial charge in [0.2, 0.25) is 0 Å². The van der Waals surface area contributed by atoms with Gasteiger partial charge in [0.05, 0.1) is 18.4 Å². The van der Waals surface area contributed by atoms with Crippen LogP contribution in [0.1, 0.15) is 42.2 Å². The van der Waals surface area contributed by atoms with E-state index in [0.29, 0.717) is 17.3 Å². The van der Waals surface area contributed by atoms with Gasteiger partial charge in [-0.25, -0.2) is 9.78 Å². The third-order valence-electron chi connectivity index (χ3n) is 4.08. The maximum atomic E-state index is 11.5. The summed E-state index contributed by atoms with van der Waals surface area (Å²) < 4.78 is 4.73. The maximum absolute atomic E-state index is 11.5. The van der Waals surface area contributed by atoms with Gasteiger partial charge >= 0.3 is 5.97 Å². The Morgan fingerprint density at radius 2 is 2.10 bits per heavy atom. The Labute approximate surface area is 126 Å². The van der Waals surface area contributed by atoms with E-state index in [1.165, 1.54) is 39.5 Å². The summed E-state index contributed by atoms with van der Waals surface area (Å²) in [4.78, 5) is 18.5. The first kappa shape index (κ1) is 15.8. The van der Waals surface area contributed by atoms with Gasteiger partial charge in [-0.2, -0.15) is 0 Å². The zero-order valence-electron chi connectivity index (χ0n) is 13.2. The molecule has 1 atom stereocenters. The molecule has 116 valence electrons. The van der Waals surface area contributed by atoms with Crippen LogP contribution < -0.4 is 5.32 Å². The van der Waals surface area contributed by atoms with Gasteiger partial charge < -0.3 is 10.1 Å². The summed E-state index contributed by atoms with van der Waals surface area (Å²) in [7, 11) is 1.38. The van der Waals surface area contributed by atoms with Gasteiger partial charge in [0.1, 0.15) is 5.82 Å². The van der Waals surface area contributed by atoms with Crippen LogP contribution in [0.5, 0.6) is 0 Å². The monoisotopic (exact) mass is 291 g/mol. The Morgan fingerprint density at radius 3 is 2.71 bits per heavy atom. The molecule has 1 unspecified atom stereocenters. The number of carbonyl (C=O) groups is 1. The van der Waals surface area contributed by atoms with Crippen molar-refractivity contribution in [2.75, 3.05) is 32.1 Å². The van der Waals surface area contributed by atoms with Gasteiger partial charge in [0.25, 0.3) is 0 Å². The van der Waals surface area contributed by atoms with E-state index in [-0.39, 0.29) is 5.97 Å². The molecule has 5 nitrogen and oxygen atoms in total. The fourth-order valence-corrected chi connectivity index (χ4v) is 2.73.